The summed E-state index contributed by atoms with van der Waals surface area (Å²) in [4.78, 5) is 21.7. The van der Waals surface area contributed by atoms with Crippen molar-refractivity contribution < 1.29 is 12.8 Å². The molecule has 4 aromatic rings. The fourth-order valence-electron chi connectivity index (χ4n) is 3.64. The van der Waals surface area contributed by atoms with Crippen molar-refractivity contribution in [1.82, 2.24) is 18.9 Å². The molecule has 3 aromatic heterocycles. The predicted octanol–water partition coefficient (Wildman–Crippen LogP) is 4.15. The van der Waals surface area contributed by atoms with Gasteiger partial charge in [-0.05, 0) is 36.6 Å². The van der Waals surface area contributed by atoms with Crippen molar-refractivity contribution in [3.8, 4) is 22.5 Å². The van der Waals surface area contributed by atoms with Gasteiger partial charge >= 0.3 is 5.69 Å². The first-order chi connectivity index (χ1) is 15.3. The van der Waals surface area contributed by atoms with Gasteiger partial charge in [0.05, 0.1) is 10.6 Å². The van der Waals surface area contributed by atoms with Crippen LogP contribution in [0.5, 0.6) is 0 Å². The molecular formula is C22H18ClFN4O3S. The Labute approximate surface area is 188 Å². The molecule has 32 heavy (non-hydrogen) atoms. The van der Waals surface area contributed by atoms with Crippen molar-refractivity contribution in [3.05, 3.63) is 70.2 Å². The smallest absolute Gasteiger partial charge is 0.280 e. The van der Waals surface area contributed by atoms with Crippen molar-refractivity contribution in [2.45, 2.75) is 30.7 Å². The quantitative estimate of drug-likeness (QED) is 0.407. The maximum absolute atomic E-state index is 13.3. The molecule has 0 N–H and O–H groups in total. The van der Waals surface area contributed by atoms with Crippen molar-refractivity contribution in [2.24, 2.45) is 0 Å². The lowest BCUT2D eigenvalue weighted by atomic mass is 10.1. The number of pyridine rings is 1. The summed E-state index contributed by atoms with van der Waals surface area (Å²) in [5, 5.41) is 0.295. The molecule has 1 aliphatic rings. The molecule has 10 heteroatoms. The molecule has 7 nitrogen and oxygen atoms in total. The monoisotopic (exact) mass is 472 g/mol. The van der Waals surface area contributed by atoms with Gasteiger partial charge in [-0.2, -0.15) is 0 Å². The standard InChI is InChI=1S/C22H18ClFN4O3S/c1-2-32(30,31)18-9-14(13-3-5-15(24)6-4-13)11-25-21(18)17-12-27-20(26-17)10-19(23)28(22(27)29)16-7-8-16/h3-6,9-12,16H,2,7-8H2,1H3. The Balaban J connectivity index is 1.70. The number of rotatable bonds is 5. The van der Waals surface area contributed by atoms with E-state index < -0.39 is 9.84 Å². The summed E-state index contributed by atoms with van der Waals surface area (Å²) in [7, 11) is -3.68. The van der Waals surface area contributed by atoms with Crippen molar-refractivity contribution in [2.75, 3.05) is 5.75 Å². The molecule has 1 saturated carbocycles. The Hall–Kier alpha value is -3.04. The van der Waals surface area contributed by atoms with E-state index in [1.54, 1.807) is 25.1 Å². The van der Waals surface area contributed by atoms with Crippen LogP contribution in [0.25, 0.3) is 28.2 Å². The molecule has 0 radical (unpaired) electrons. The summed E-state index contributed by atoms with van der Waals surface area (Å²) < 4.78 is 42.0. The van der Waals surface area contributed by atoms with Crippen LogP contribution in [0.15, 0.2) is 58.5 Å². The third-order valence-corrected chi connectivity index (χ3v) is 7.56. The third kappa shape index (κ3) is 3.51. The molecule has 5 rings (SSSR count). The van der Waals surface area contributed by atoms with E-state index in [0.29, 0.717) is 21.9 Å². The highest BCUT2D eigenvalue weighted by molar-refractivity contribution is 7.91. The molecule has 0 bridgehead atoms. The molecule has 0 saturated heterocycles. The van der Waals surface area contributed by atoms with Gasteiger partial charge < -0.3 is 0 Å². The lowest BCUT2D eigenvalue weighted by Crippen LogP contribution is -2.25. The van der Waals surface area contributed by atoms with Crippen LogP contribution >= 0.6 is 11.6 Å². The number of sulfone groups is 1. The molecule has 0 aliphatic heterocycles. The molecular weight excluding hydrogens is 455 g/mol. The first-order valence-electron chi connectivity index (χ1n) is 10.1. The fraction of sp³-hybridized carbons (Fsp3) is 0.227. The maximum atomic E-state index is 13.3. The maximum Gasteiger partial charge on any atom is 0.335 e. The normalized spacial score (nSPS) is 14.2. The molecule has 1 aromatic carbocycles. The van der Waals surface area contributed by atoms with E-state index in [1.165, 1.54) is 39.6 Å². The summed E-state index contributed by atoms with van der Waals surface area (Å²) in [6.07, 6.45) is 4.77. The Morgan fingerprint density at radius 2 is 1.88 bits per heavy atom. The minimum atomic E-state index is -3.68. The second kappa shape index (κ2) is 7.53. The van der Waals surface area contributed by atoms with E-state index >= 15 is 0 Å². The first kappa shape index (κ1) is 20.8. The van der Waals surface area contributed by atoms with Crippen LogP contribution in [-0.4, -0.2) is 33.1 Å². The van der Waals surface area contributed by atoms with E-state index in [4.69, 9.17) is 11.6 Å². The average molecular weight is 473 g/mol. The number of hydrogen-bond acceptors (Lipinski definition) is 5. The third-order valence-electron chi connectivity index (χ3n) is 5.52. The molecule has 0 amide bonds. The number of fused-ring (bicyclic) bond motifs is 1. The van der Waals surface area contributed by atoms with Crippen LogP contribution < -0.4 is 5.69 Å². The fourth-order valence-corrected chi connectivity index (χ4v) is 5.02. The summed E-state index contributed by atoms with van der Waals surface area (Å²) >= 11 is 6.30. The summed E-state index contributed by atoms with van der Waals surface area (Å²) in [6.45, 7) is 1.54. The van der Waals surface area contributed by atoms with Gasteiger partial charge in [0.15, 0.2) is 9.84 Å². The van der Waals surface area contributed by atoms with Crippen LogP contribution in [0.3, 0.4) is 0 Å². The number of nitrogens with zero attached hydrogens (tertiary/aromatic N) is 4. The van der Waals surface area contributed by atoms with E-state index in [2.05, 4.69) is 9.97 Å². The highest BCUT2D eigenvalue weighted by Crippen LogP contribution is 2.36. The van der Waals surface area contributed by atoms with Crippen LogP contribution in [0, 0.1) is 5.82 Å². The van der Waals surface area contributed by atoms with Crippen LogP contribution in [0.4, 0.5) is 4.39 Å². The number of imidazole rings is 1. The van der Waals surface area contributed by atoms with E-state index in [-0.39, 0.29) is 39.6 Å². The second-order valence-electron chi connectivity index (χ2n) is 7.69. The van der Waals surface area contributed by atoms with Crippen molar-refractivity contribution in [1.29, 1.82) is 0 Å². The summed E-state index contributed by atoms with van der Waals surface area (Å²) in [6, 6.07) is 8.89. The average Bonchev–Trinajstić information content (AvgIpc) is 3.52. The predicted molar refractivity (Wildman–Crippen MR) is 119 cm³/mol. The molecule has 1 fully saturated rings. The summed E-state index contributed by atoms with van der Waals surface area (Å²) in [5.74, 6) is -0.526. The van der Waals surface area contributed by atoms with Crippen molar-refractivity contribution >= 4 is 27.1 Å². The van der Waals surface area contributed by atoms with Gasteiger partial charge in [-0.1, -0.05) is 30.7 Å². The highest BCUT2D eigenvalue weighted by Gasteiger charge is 2.28. The Kier molecular flexibility index (Phi) is 4.90. The SMILES string of the molecule is CCS(=O)(=O)c1cc(-c2ccc(F)cc2)cnc1-c1cn2c(=O)n(C3CC3)c(Cl)cc2n1. The zero-order valence-electron chi connectivity index (χ0n) is 17.0. The lowest BCUT2D eigenvalue weighted by Gasteiger charge is -2.10. The van der Waals surface area contributed by atoms with Crippen LogP contribution in [0.1, 0.15) is 25.8 Å². The van der Waals surface area contributed by atoms with Gasteiger partial charge in [0, 0.05) is 30.1 Å². The van der Waals surface area contributed by atoms with Gasteiger partial charge in [0.2, 0.25) is 0 Å². The van der Waals surface area contributed by atoms with Crippen LogP contribution in [0.2, 0.25) is 5.15 Å². The van der Waals surface area contributed by atoms with E-state index in [9.17, 15) is 17.6 Å². The second-order valence-corrected chi connectivity index (χ2v) is 10.3. The summed E-state index contributed by atoms with van der Waals surface area (Å²) in [5.41, 5.74) is 1.56. The minimum Gasteiger partial charge on any atom is -0.280 e. The van der Waals surface area contributed by atoms with Gasteiger partial charge in [0.25, 0.3) is 0 Å². The number of halogens is 2. The molecule has 3 heterocycles. The Morgan fingerprint density at radius 3 is 2.53 bits per heavy atom. The zero-order chi connectivity index (χ0) is 22.6. The lowest BCUT2D eigenvalue weighted by molar-refractivity contribution is 0.597. The highest BCUT2D eigenvalue weighted by atomic mass is 35.5. The van der Waals surface area contributed by atoms with Crippen molar-refractivity contribution in [3.63, 3.8) is 0 Å². The first-order valence-corrected chi connectivity index (χ1v) is 12.1. The topological polar surface area (TPSA) is 86.3 Å². The minimum absolute atomic E-state index is 0.00107. The van der Waals surface area contributed by atoms with E-state index in [0.717, 1.165) is 12.8 Å². The molecule has 1 aliphatic carbocycles. The molecule has 0 spiro atoms. The number of hydrogen-bond donors (Lipinski definition) is 0. The van der Waals surface area contributed by atoms with Gasteiger partial charge in [-0.3, -0.25) is 14.0 Å². The van der Waals surface area contributed by atoms with Gasteiger partial charge in [-0.25, -0.2) is 22.6 Å². The van der Waals surface area contributed by atoms with Gasteiger partial charge in [-0.15, -0.1) is 0 Å². The number of benzene rings is 1. The van der Waals surface area contributed by atoms with E-state index in [1.807, 2.05) is 0 Å². The zero-order valence-corrected chi connectivity index (χ0v) is 18.6. The molecule has 0 atom stereocenters. The molecule has 164 valence electrons. The number of aromatic nitrogens is 4. The Bertz CT molecular complexity index is 1520. The Morgan fingerprint density at radius 1 is 1.16 bits per heavy atom. The molecule has 0 unspecified atom stereocenters. The van der Waals surface area contributed by atoms with Crippen LogP contribution in [-0.2, 0) is 9.84 Å². The van der Waals surface area contributed by atoms with Gasteiger partial charge in [0.1, 0.15) is 28.0 Å². The largest absolute Gasteiger partial charge is 0.335 e.